The zero-order valence-corrected chi connectivity index (χ0v) is 20.5. The molecule has 11 heteroatoms. The summed E-state index contributed by atoms with van der Waals surface area (Å²) in [5, 5.41) is 3.94. The molecule has 2 aromatic carbocycles. The van der Waals surface area contributed by atoms with Gasteiger partial charge in [0.15, 0.2) is 0 Å². The molecule has 1 aliphatic rings. The molecule has 1 saturated heterocycles. The zero-order chi connectivity index (χ0) is 25.5. The Labute approximate surface area is 202 Å². The monoisotopic (exact) mass is 507 g/mol. The lowest BCUT2D eigenvalue weighted by molar-refractivity contribution is -0.137. The molecule has 1 aromatic heterocycles. The molecule has 1 atom stereocenters. The molecule has 1 aliphatic heterocycles. The average Bonchev–Trinajstić information content (AvgIpc) is 2.77. The molecule has 4 N–H and O–H groups in total. The number of methoxy groups -OCH3 is 1. The first-order valence-corrected chi connectivity index (χ1v) is 13.1. The summed E-state index contributed by atoms with van der Waals surface area (Å²) in [6.45, 7) is 3.48. The number of hydrogen-bond donors (Lipinski definition) is 3. The van der Waals surface area contributed by atoms with Gasteiger partial charge < -0.3 is 15.8 Å². The van der Waals surface area contributed by atoms with Gasteiger partial charge in [-0.15, -0.1) is 0 Å². The fraction of sp³-hybridized carbons (Fsp3) is 0.417. The number of nitrogens with one attached hydrogen (secondary N) is 2. The summed E-state index contributed by atoms with van der Waals surface area (Å²) in [7, 11) is -0.954. The van der Waals surface area contributed by atoms with E-state index in [1.54, 1.807) is 21.0 Å². The molecule has 3 aromatic rings. The Balaban J connectivity index is 1.74. The van der Waals surface area contributed by atoms with Crippen molar-refractivity contribution in [1.29, 1.82) is 4.78 Å². The molecular weight excluding hydrogens is 479 g/mol. The highest BCUT2D eigenvalue weighted by molar-refractivity contribution is 7.92. The van der Waals surface area contributed by atoms with Gasteiger partial charge in [0.2, 0.25) is 0 Å². The molecule has 0 amide bonds. The third-order valence-corrected chi connectivity index (χ3v) is 8.14. The van der Waals surface area contributed by atoms with Crippen molar-refractivity contribution in [3.63, 3.8) is 0 Å². The van der Waals surface area contributed by atoms with Crippen molar-refractivity contribution >= 4 is 32.1 Å². The molecule has 35 heavy (non-hydrogen) atoms. The van der Waals surface area contributed by atoms with Crippen molar-refractivity contribution in [1.82, 2.24) is 9.97 Å². The number of nitrogens with zero attached hydrogens (tertiary/aromatic N) is 2. The Morgan fingerprint density at radius 3 is 2.49 bits per heavy atom. The van der Waals surface area contributed by atoms with E-state index in [9.17, 15) is 17.4 Å². The van der Waals surface area contributed by atoms with Gasteiger partial charge in [0.1, 0.15) is 17.4 Å². The quantitative estimate of drug-likeness (QED) is 0.385. The Bertz CT molecular complexity index is 1360. The highest BCUT2D eigenvalue weighted by atomic mass is 32.2. The molecule has 0 spiro atoms. The maximum atomic E-state index is 13.3. The van der Waals surface area contributed by atoms with E-state index in [2.05, 4.69) is 15.3 Å². The first-order valence-electron chi connectivity index (χ1n) is 11.2. The van der Waals surface area contributed by atoms with Crippen molar-refractivity contribution < 1.29 is 22.1 Å². The van der Waals surface area contributed by atoms with E-state index in [4.69, 9.17) is 15.3 Å². The first kappa shape index (κ1) is 25.0. The summed E-state index contributed by atoms with van der Waals surface area (Å²) in [6, 6.07) is 6.75. The van der Waals surface area contributed by atoms with Gasteiger partial charge in [-0.25, -0.2) is 14.2 Å². The van der Waals surface area contributed by atoms with Crippen LogP contribution in [0.15, 0.2) is 30.3 Å². The molecule has 0 saturated carbocycles. The molecule has 4 rings (SSSR count). The summed E-state index contributed by atoms with van der Waals surface area (Å²) in [6.07, 6.45) is -3.28. The van der Waals surface area contributed by atoms with Crippen LogP contribution < -0.4 is 15.8 Å². The Hall–Kier alpha value is -3.08. The SMILES string of the molecule is COc1cc2nc(C)nc(NC(C)c3cc(N)cc(C(F)(F)F)c3)c2cc1C1CCS(=N)(=O)CC1. The summed E-state index contributed by atoms with van der Waals surface area (Å²) in [4.78, 5) is 9.05. The standard InChI is InChI=1S/C24H28F3N5O2S/c1-13(16-8-17(24(25,26)27)10-18(28)9-16)30-23-20-11-19(15-4-6-35(29,33)7-5-15)22(34-3)12-21(20)31-14(2)32-23/h8-13,15,29H,4-7,28H2,1-3H3,(H,30,31,32). The lowest BCUT2D eigenvalue weighted by Gasteiger charge is -2.26. The maximum absolute atomic E-state index is 13.3. The smallest absolute Gasteiger partial charge is 0.416 e. The molecule has 188 valence electrons. The number of anilines is 2. The molecule has 1 unspecified atom stereocenters. The van der Waals surface area contributed by atoms with Crippen LogP contribution in [-0.4, -0.2) is 32.8 Å². The fourth-order valence-corrected chi connectivity index (χ4v) is 6.03. The van der Waals surface area contributed by atoms with E-state index in [1.807, 2.05) is 12.1 Å². The minimum Gasteiger partial charge on any atom is -0.496 e. The van der Waals surface area contributed by atoms with E-state index in [-0.39, 0.29) is 11.6 Å². The number of rotatable bonds is 5. The molecule has 7 nitrogen and oxygen atoms in total. The van der Waals surface area contributed by atoms with Crippen LogP contribution in [0.5, 0.6) is 5.75 Å². The number of aromatic nitrogens is 2. The zero-order valence-electron chi connectivity index (χ0n) is 19.7. The molecule has 0 bridgehead atoms. The van der Waals surface area contributed by atoms with Gasteiger partial charge in [0.25, 0.3) is 0 Å². The fourth-order valence-electron chi connectivity index (χ4n) is 4.50. The number of benzene rings is 2. The van der Waals surface area contributed by atoms with Crippen molar-refractivity contribution in [2.24, 2.45) is 0 Å². The Morgan fingerprint density at radius 2 is 1.86 bits per heavy atom. The summed E-state index contributed by atoms with van der Waals surface area (Å²) in [5.41, 5.74) is 6.91. The average molecular weight is 508 g/mol. The van der Waals surface area contributed by atoms with Gasteiger partial charge in [0.05, 0.1) is 24.2 Å². The largest absolute Gasteiger partial charge is 0.496 e. The van der Waals surface area contributed by atoms with Gasteiger partial charge in [-0.1, -0.05) is 0 Å². The second-order valence-electron chi connectivity index (χ2n) is 8.98. The van der Waals surface area contributed by atoms with Crippen molar-refractivity contribution in [3.05, 3.63) is 52.8 Å². The van der Waals surface area contributed by atoms with Crippen LogP contribution in [0.25, 0.3) is 10.9 Å². The normalized spacial score (nSPS) is 21.6. The lowest BCUT2D eigenvalue weighted by atomic mass is 9.91. The van der Waals surface area contributed by atoms with Crippen molar-refractivity contribution in [2.45, 2.75) is 44.8 Å². The number of nitrogens with two attached hydrogens (primary N) is 1. The van der Waals surface area contributed by atoms with Crippen LogP contribution >= 0.6 is 0 Å². The second-order valence-corrected chi connectivity index (χ2v) is 11.4. The second kappa shape index (κ2) is 9.18. The lowest BCUT2D eigenvalue weighted by Crippen LogP contribution is -2.21. The van der Waals surface area contributed by atoms with Crippen LogP contribution in [0, 0.1) is 11.7 Å². The molecular formula is C24H28F3N5O2S. The van der Waals surface area contributed by atoms with Gasteiger partial charge in [-0.3, -0.25) is 4.78 Å². The van der Waals surface area contributed by atoms with Gasteiger partial charge in [-0.2, -0.15) is 13.2 Å². The minimum atomic E-state index is -4.50. The third kappa shape index (κ3) is 5.44. The highest BCUT2D eigenvalue weighted by Crippen LogP contribution is 2.39. The number of nitrogen functional groups attached to an aromatic ring is 1. The number of hydrogen-bond acceptors (Lipinski definition) is 7. The van der Waals surface area contributed by atoms with Crippen LogP contribution in [0.2, 0.25) is 0 Å². The van der Waals surface area contributed by atoms with E-state index in [1.165, 1.54) is 6.07 Å². The third-order valence-electron chi connectivity index (χ3n) is 6.35. The van der Waals surface area contributed by atoms with E-state index < -0.39 is 27.5 Å². The van der Waals surface area contributed by atoms with Crippen LogP contribution in [-0.2, 0) is 15.9 Å². The van der Waals surface area contributed by atoms with E-state index in [0.29, 0.717) is 58.2 Å². The predicted octanol–water partition coefficient (Wildman–Crippen LogP) is 5.65. The van der Waals surface area contributed by atoms with Gasteiger partial charge >= 0.3 is 6.18 Å². The van der Waals surface area contributed by atoms with E-state index in [0.717, 1.165) is 17.7 Å². The number of halogens is 3. The number of fused-ring (bicyclic) bond motifs is 1. The number of ether oxygens (including phenoxy) is 1. The van der Waals surface area contributed by atoms with Crippen LogP contribution in [0.1, 0.15) is 54.2 Å². The van der Waals surface area contributed by atoms with Crippen molar-refractivity contribution in [2.75, 3.05) is 29.7 Å². The number of alkyl halides is 3. The van der Waals surface area contributed by atoms with E-state index >= 15 is 0 Å². The predicted molar refractivity (Wildman–Crippen MR) is 131 cm³/mol. The first-order chi connectivity index (χ1) is 16.4. The minimum absolute atomic E-state index is 0.0301. The van der Waals surface area contributed by atoms with Crippen molar-refractivity contribution in [3.8, 4) is 5.75 Å². The topological polar surface area (TPSA) is 114 Å². The van der Waals surface area contributed by atoms with Crippen LogP contribution in [0.3, 0.4) is 0 Å². The molecule has 2 heterocycles. The summed E-state index contributed by atoms with van der Waals surface area (Å²) in [5.74, 6) is 2.38. The van der Waals surface area contributed by atoms with Crippen LogP contribution in [0.4, 0.5) is 24.7 Å². The van der Waals surface area contributed by atoms with Gasteiger partial charge in [-0.05, 0) is 68.0 Å². The molecule has 1 fully saturated rings. The number of aryl methyl sites for hydroxylation is 1. The Kier molecular flexibility index (Phi) is 6.56. The Morgan fingerprint density at radius 1 is 1.17 bits per heavy atom. The van der Waals surface area contributed by atoms with Gasteiger partial charge in [0, 0.05) is 38.4 Å². The maximum Gasteiger partial charge on any atom is 0.416 e. The summed E-state index contributed by atoms with van der Waals surface area (Å²) >= 11 is 0. The molecule has 0 aliphatic carbocycles. The highest BCUT2D eigenvalue weighted by Gasteiger charge is 2.31. The summed E-state index contributed by atoms with van der Waals surface area (Å²) < 4.78 is 65.5. The molecule has 0 radical (unpaired) electrons.